The molecule has 0 radical (unpaired) electrons. The Morgan fingerprint density at radius 1 is 1.37 bits per heavy atom. The second kappa shape index (κ2) is 5.44. The third-order valence-corrected chi connectivity index (χ3v) is 3.13. The molecule has 6 nitrogen and oxygen atoms in total. The molecule has 0 fully saturated rings. The van der Waals surface area contributed by atoms with Crippen molar-refractivity contribution in [2.24, 2.45) is 0 Å². The fourth-order valence-electron chi connectivity index (χ4n) is 2.15. The Balaban J connectivity index is 2.48. The lowest BCUT2D eigenvalue weighted by Gasteiger charge is -2.18. The van der Waals surface area contributed by atoms with Crippen molar-refractivity contribution in [1.29, 1.82) is 0 Å². The summed E-state index contributed by atoms with van der Waals surface area (Å²) in [5.41, 5.74) is 1.40. The Labute approximate surface area is 112 Å². The number of nitrogens with zero attached hydrogens (tertiary/aromatic N) is 4. The van der Waals surface area contributed by atoms with E-state index in [1.165, 1.54) is 0 Å². The Bertz CT molecular complexity index is 545. The van der Waals surface area contributed by atoms with Crippen LogP contribution < -0.4 is 4.74 Å². The first kappa shape index (κ1) is 13.6. The van der Waals surface area contributed by atoms with Crippen LogP contribution in [0.2, 0.25) is 0 Å². The Kier molecular flexibility index (Phi) is 3.90. The summed E-state index contributed by atoms with van der Waals surface area (Å²) in [5.74, 6) is 0.588. The van der Waals surface area contributed by atoms with Gasteiger partial charge in [-0.25, -0.2) is 4.98 Å². The van der Waals surface area contributed by atoms with Crippen molar-refractivity contribution in [3.05, 3.63) is 30.1 Å². The zero-order valence-electron chi connectivity index (χ0n) is 11.7. The minimum Gasteiger partial charge on any atom is -0.493 e. The van der Waals surface area contributed by atoms with E-state index in [-0.39, 0.29) is 6.04 Å². The molecule has 104 valence electrons. The minimum atomic E-state index is -0.803. The van der Waals surface area contributed by atoms with Gasteiger partial charge in [0.25, 0.3) is 0 Å². The molecule has 0 saturated heterocycles. The average Bonchev–Trinajstić information content (AvgIpc) is 3.03. The van der Waals surface area contributed by atoms with E-state index in [9.17, 15) is 5.11 Å². The van der Waals surface area contributed by atoms with Gasteiger partial charge in [0.2, 0.25) is 0 Å². The van der Waals surface area contributed by atoms with Gasteiger partial charge in [0.1, 0.15) is 11.8 Å². The van der Waals surface area contributed by atoms with E-state index in [0.29, 0.717) is 11.4 Å². The lowest BCUT2D eigenvalue weighted by atomic mass is 10.1. The van der Waals surface area contributed by atoms with Crippen LogP contribution in [-0.2, 0) is 6.54 Å². The van der Waals surface area contributed by atoms with Crippen LogP contribution in [0.1, 0.15) is 44.3 Å². The van der Waals surface area contributed by atoms with Crippen LogP contribution in [0.3, 0.4) is 0 Å². The van der Waals surface area contributed by atoms with Crippen molar-refractivity contribution in [1.82, 2.24) is 19.3 Å². The highest BCUT2D eigenvalue weighted by molar-refractivity contribution is 5.32. The van der Waals surface area contributed by atoms with Gasteiger partial charge in [-0.15, -0.1) is 0 Å². The number of rotatable bonds is 5. The van der Waals surface area contributed by atoms with Crippen molar-refractivity contribution >= 4 is 0 Å². The van der Waals surface area contributed by atoms with Crippen LogP contribution in [0.4, 0.5) is 0 Å². The predicted octanol–water partition coefficient (Wildman–Crippen LogP) is 1.77. The van der Waals surface area contributed by atoms with E-state index in [2.05, 4.69) is 10.1 Å². The standard InChI is InChI=1S/C13H20N4O2/c1-5-16-8-14-6-10(16)13(18)12-11(19-4)7-15-17(12)9(2)3/h6-9,13,18H,5H2,1-4H3. The maximum Gasteiger partial charge on any atom is 0.163 e. The fourth-order valence-corrected chi connectivity index (χ4v) is 2.15. The smallest absolute Gasteiger partial charge is 0.163 e. The topological polar surface area (TPSA) is 65.1 Å². The summed E-state index contributed by atoms with van der Waals surface area (Å²) in [7, 11) is 1.58. The number of hydrogen-bond donors (Lipinski definition) is 1. The molecule has 6 heteroatoms. The molecule has 2 aromatic rings. The summed E-state index contributed by atoms with van der Waals surface area (Å²) >= 11 is 0. The van der Waals surface area contributed by atoms with Crippen molar-refractivity contribution in [3.63, 3.8) is 0 Å². The molecule has 2 rings (SSSR count). The molecule has 1 unspecified atom stereocenters. The molecular formula is C13H20N4O2. The largest absolute Gasteiger partial charge is 0.493 e. The first-order chi connectivity index (χ1) is 9.10. The van der Waals surface area contributed by atoms with Crippen LogP contribution in [-0.4, -0.2) is 31.5 Å². The quantitative estimate of drug-likeness (QED) is 0.894. The van der Waals surface area contributed by atoms with Gasteiger partial charge in [0.05, 0.1) is 31.5 Å². The highest BCUT2D eigenvalue weighted by Crippen LogP contribution is 2.31. The van der Waals surface area contributed by atoms with Crippen molar-refractivity contribution < 1.29 is 9.84 Å². The summed E-state index contributed by atoms with van der Waals surface area (Å²) in [6.07, 6.45) is 4.21. The van der Waals surface area contributed by atoms with Crippen LogP contribution in [0.5, 0.6) is 5.75 Å². The second-order valence-corrected chi connectivity index (χ2v) is 4.64. The molecule has 0 aromatic carbocycles. The Morgan fingerprint density at radius 3 is 2.68 bits per heavy atom. The number of methoxy groups -OCH3 is 1. The summed E-state index contributed by atoms with van der Waals surface area (Å²) in [6, 6.07) is 0.145. The van der Waals surface area contributed by atoms with E-state index in [1.807, 2.05) is 25.3 Å². The van der Waals surface area contributed by atoms with Crippen LogP contribution in [0.15, 0.2) is 18.7 Å². The predicted molar refractivity (Wildman–Crippen MR) is 71.1 cm³/mol. The summed E-state index contributed by atoms with van der Waals surface area (Å²) < 4.78 is 8.97. The highest BCUT2D eigenvalue weighted by Gasteiger charge is 2.25. The SMILES string of the molecule is CCn1cncc1C(O)c1c(OC)cnn1C(C)C. The Morgan fingerprint density at radius 2 is 2.11 bits per heavy atom. The lowest BCUT2D eigenvalue weighted by Crippen LogP contribution is -2.15. The van der Waals surface area contributed by atoms with Gasteiger partial charge in [-0.05, 0) is 20.8 Å². The van der Waals surface area contributed by atoms with E-state index in [0.717, 1.165) is 12.2 Å². The number of aliphatic hydroxyl groups is 1. The molecule has 0 aliphatic rings. The highest BCUT2D eigenvalue weighted by atomic mass is 16.5. The van der Waals surface area contributed by atoms with Gasteiger partial charge in [-0.2, -0.15) is 5.10 Å². The molecule has 0 bridgehead atoms. The maximum atomic E-state index is 10.6. The van der Waals surface area contributed by atoms with Gasteiger partial charge in [0, 0.05) is 12.6 Å². The molecule has 1 N–H and O–H groups in total. The lowest BCUT2D eigenvalue weighted by molar-refractivity contribution is 0.190. The Hall–Kier alpha value is -1.82. The molecule has 0 spiro atoms. The first-order valence-corrected chi connectivity index (χ1v) is 6.39. The van der Waals surface area contributed by atoms with Crippen LogP contribution in [0, 0.1) is 0 Å². The van der Waals surface area contributed by atoms with Crippen molar-refractivity contribution in [2.75, 3.05) is 7.11 Å². The molecular weight excluding hydrogens is 244 g/mol. The normalized spacial score (nSPS) is 12.9. The van der Waals surface area contributed by atoms with Gasteiger partial charge in [-0.1, -0.05) is 0 Å². The molecule has 2 heterocycles. The number of imidazole rings is 1. The summed E-state index contributed by atoms with van der Waals surface area (Å²) in [5, 5.41) is 14.9. The minimum absolute atomic E-state index is 0.145. The first-order valence-electron chi connectivity index (χ1n) is 6.39. The van der Waals surface area contributed by atoms with Crippen molar-refractivity contribution in [2.45, 2.75) is 39.5 Å². The van der Waals surface area contributed by atoms with Gasteiger partial charge in [0.15, 0.2) is 5.75 Å². The zero-order chi connectivity index (χ0) is 14.0. The third kappa shape index (κ3) is 2.35. The van der Waals surface area contributed by atoms with Crippen LogP contribution >= 0.6 is 0 Å². The number of hydrogen-bond acceptors (Lipinski definition) is 4. The molecule has 1 atom stereocenters. The van der Waals surface area contributed by atoms with E-state index in [4.69, 9.17) is 4.74 Å². The molecule has 0 amide bonds. The van der Waals surface area contributed by atoms with E-state index < -0.39 is 6.10 Å². The van der Waals surface area contributed by atoms with Gasteiger partial charge >= 0.3 is 0 Å². The zero-order valence-corrected chi connectivity index (χ0v) is 11.7. The van der Waals surface area contributed by atoms with E-state index >= 15 is 0 Å². The van der Waals surface area contributed by atoms with Crippen molar-refractivity contribution in [3.8, 4) is 5.75 Å². The third-order valence-electron chi connectivity index (χ3n) is 3.13. The maximum absolute atomic E-state index is 10.6. The van der Waals surface area contributed by atoms with Gasteiger partial charge < -0.3 is 14.4 Å². The number of aromatic nitrogens is 4. The summed E-state index contributed by atoms with van der Waals surface area (Å²) in [4.78, 5) is 4.09. The molecule has 0 aliphatic heterocycles. The summed E-state index contributed by atoms with van der Waals surface area (Å²) in [6.45, 7) is 6.79. The second-order valence-electron chi connectivity index (χ2n) is 4.64. The molecule has 0 aliphatic carbocycles. The van der Waals surface area contributed by atoms with E-state index in [1.54, 1.807) is 30.5 Å². The number of ether oxygens (including phenoxy) is 1. The monoisotopic (exact) mass is 264 g/mol. The average molecular weight is 264 g/mol. The molecule has 19 heavy (non-hydrogen) atoms. The molecule has 0 saturated carbocycles. The number of aliphatic hydroxyl groups excluding tert-OH is 1. The fraction of sp³-hybridized carbons (Fsp3) is 0.538. The molecule has 2 aromatic heterocycles. The van der Waals surface area contributed by atoms with Gasteiger partial charge in [-0.3, -0.25) is 4.68 Å². The number of aryl methyl sites for hydroxylation is 1. The van der Waals surface area contributed by atoms with Crippen LogP contribution in [0.25, 0.3) is 0 Å².